The predicted molar refractivity (Wildman–Crippen MR) is 73.4 cm³/mol. The van der Waals surface area contributed by atoms with Gasteiger partial charge in [0.2, 0.25) is 0 Å². The number of phenols is 1. The van der Waals surface area contributed by atoms with Crippen LogP contribution in [0.1, 0.15) is 15.9 Å². The van der Waals surface area contributed by atoms with Gasteiger partial charge < -0.3 is 10.4 Å². The van der Waals surface area contributed by atoms with E-state index in [-0.39, 0.29) is 17.2 Å². The zero-order chi connectivity index (χ0) is 13.0. The topological polar surface area (TPSA) is 49.3 Å². The Kier molecular flexibility index (Phi) is 3.99. The summed E-state index contributed by atoms with van der Waals surface area (Å²) < 4.78 is 0.755. The lowest BCUT2D eigenvalue weighted by atomic mass is 10.1. The van der Waals surface area contributed by atoms with Crippen molar-refractivity contribution < 1.29 is 9.90 Å². The van der Waals surface area contributed by atoms with Crippen LogP contribution in [-0.4, -0.2) is 11.0 Å². The van der Waals surface area contributed by atoms with Crippen molar-refractivity contribution in [3.8, 4) is 5.75 Å². The van der Waals surface area contributed by atoms with E-state index in [9.17, 15) is 9.90 Å². The van der Waals surface area contributed by atoms with Gasteiger partial charge in [0.05, 0.1) is 5.56 Å². The van der Waals surface area contributed by atoms with E-state index in [0.29, 0.717) is 6.54 Å². The quantitative estimate of drug-likeness (QED) is 0.915. The molecule has 2 aromatic rings. The third-order valence-corrected chi connectivity index (χ3v) is 2.99. The Morgan fingerprint density at radius 2 is 1.89 bits per heavy atom. The first kappa shape index (κ1) is 12.6. The van der Waals surface area contributed by atoms with Gasteiger partial charge in [-0.3, -0.25) is 4.79 Å². The van der Waals surface area contributed by atoms with Gasteiger partial charge in [-0.1, -0.05) is 46.3 Å². The van der Waals surface area contributed by atoms with Crippen LogP contribution >= 0.6 is 15.9 Å². The van der Waals surface area contributed by atoms with Crippen LogP contribution < -0.4 is 5.32 Å². The fourth-order valence-electron chi connectivity index (χ4n) is 1.56. The van der Waals surface area contributed by atoms with Crippen LogP contribution in [0.15, 0.2) is 53.0 Å². The molecule has 0 radical (unpaired) electrons. The fraction of sp³-hybridized carbons (Fsp3) is 0.0714. The van der Waals surface area contributed by atoms with Gasteiger partial charge in [0.15, 0.2) is 0 Å². The summed E-state index contributed by atoms with van der Waals surface area (Å²) in [4.78, 5) is 11.9. The second kappa shape index (κ2) is 5.69. The molecule has 0 aromatic heterocycles. The molecule has 2 N–H and O–H groups in total. The molecule has 0 aliphatic rings. The van der Waals surface area contributed by atoms with Crippen molar-refractivity contribution in [1.29, 1.82) is 0 Å². The molecule has 92 valence electrons. The Bertz CT molecular complexity index is 555. The van der Waals surface area contributed by atoms with E-state index >= 15 is 0 Å². The van der Waals surface area contributed by atoms with Crippen LogP contribution in [0.25, 0.3) is 0 Å². The van der Waals surface area contributed by atoms with Gasteiger partial charge in [0, 0.05) is 11.0 Å². The van der Waals surface area contributed by atoms with E-state index in [2.05, 4.69) is 21.2 Å². The van der Waals surface area contributed by atoms with Crippen molar-refractivity contribution in [3.05, 3.63) is 64.1 Å². The van der Waals surface area contributed by atoms with E-state index < -0.39 is 0 Å². The third-order valence-electron chi connectivity index (χ3n) is 2.50. The highest BCUT2D eigenvalue weighted by Gasteiger charge is 2.10. The monoisotopic (exact) mass is 305 g/mol. The normalized spacial score (nSPS) is 10.1. The SMILES string of the molecule is O=C(NCc1ccccc1)c1cc(Br)ccc1O. The van der Waals surface area contributed by atoms with Gasteiger partial charge in [-0.05, 0) is 23.8 Å². The van der Waals surface area contributed by atoms with Gasteiger partial charge >= 0.3 is 0 Å². The van der Waals surface area contributed by atoms with Crippen LogP contribution in [0.4, 0.5) is 0 Å². The van der Waals surface area contributed by atoms with Gasteiger partial charge in [-0.25, -0.2) is 0 Å². The zero-order valence-corrected chi connectivity index (χ0v) is 11.1. The maximum Gasteiger partial charge on any atom is 0.255 e. The number of amides is 1. The Balaban J connectivity index is 2.06. The molecule has 0 aliphatic heterocycles. The molecule has 1 amide bonds. The molecule has 0 saturated carbocycles. The lowest BCUT2D eigenvalue weighted by Crippen LogP contribution is -2.22. The van der Waals surface area contributed by atoms with Crippen molar-refractivity contribution in [2.45, 2.75) is 6.54 Å². The summed E-state index contributed by atoms with van der Waals surface area (Å²) in [5, 5.41) is 12.4. The van der Waals surface area contributed by atoms with Crippen molar-refractivity contribution in [2.75, 3.05) is 0 Å². The van der Waals surface area contributed by atoms with E-state index in [1.165, 1.54) is 6.07 Å². The zero-order valence-electron chi connectivity index (χ0n) is 9.56. The van der Waals surface area contributed by atoms with Gasteiger partial charge in [0.25, 0.3) is 5.91 Å². The molecule has 0 unspecified atom stereocenters. The molecule has 0 spiro atoms. The molecule has 2 aromatic carbocycles. The fourth-order valence-corrected chi connectivity index (χ4v) is 1.92. The van der Waals surface area contributed by atoms with E-state index in [0.717, 1.165) is 10.0 Å². The summed E-state index contributed by atoms with van der Waals surface area (Å²) in [7, 11) is 0. The second-order valence-electron chi connectivity index (χ2n) is 3.83. The molecule has 0 saturated heterocycles. The predicted octanol–water partition coefficient (Wildman–Crippen LogP) is 3.08. The molecule has 3 nitrogen and oxygen atoms in total. The first-order valence-corrected chi connectivity index (χ1v) is 6.27. The number of nitrogens with one attached hydrogen (secondary N) is 1. The number of carbonyl (C=O) groups excluding carboxylic acids is 1. The van der Waals surface area contributed by atoms with Crippen molar-refractivity contribution >= 4 is 21.8 Å². The first-order chi connectivity index (χ1) is 8.66. The highest BCUT2D eigenvalue weighted by atomic mass is 79.9. The number of benzene rings is 2. The standard InChI is InChI=1S/C14H12BrNO2/c15-11-6-7-13(17)12(8-11)14(18)16-9-10-4-2-1-3-5-10/h1-8,17H,9H2,(H,16,18). The average molecular weight is 306 g/mol. The number of halogens is 1. The molecular weight excluding hydrogens is 294 g/mol. The number of hydrogen-bond acceptors (Lipinski definition) is 2. The summed E-state index contributed by atoms with van der Waals surface area (Å²) in [6.07, 6.45) is 0. The molecule has 0 aliphatic carbocycles. The lowest BCUT2D eigenvalue weighted by Gasteiger charge is -2.07. The minimum atomic E-state index is -0.294. The van der Waals surface area contributed by atoms with Crippen LogP contribution in [0.2, 0.25) is 0 Å². The highest BCUT2D eigenvalue weighted by molar-refractivity contribution is 9.10. The molecule has 0 fully saturated rings. The molecule has 2 rings (SSSR count). The van der Waals surface area contributed by atoms with E-state index in [1.807, 2.05) is 30.3 Å². The van der Waals surface area contributed by atoms with Crippen LogP contribution in [0, 0.1) is 0 Å². The number of aromatic hydroxyl groups is 1. The highest BCUT2D eigenvalue weighted by Crippen LogP contribution is 2.21. The Hall–Kier alpha value is -1.81. The Morgan fingerprint density at radius 1 is 1.17 bits per heavy atom. The number of carbonyl (C=O) groups is 1. The minimum absolute atomic E-state index is 0.0243. The minimum Gasteiger partial charge on any atom is -0.507 e. The summed E-state index contributed by atoms with van der Waals surface area (Å²) in [6, 6.07) is 14.4. The number of phenolic OH excluding ortho intramolecular Hbond substituents is 1. The largest absolute Gasteiger partial charge is 0.507 e. The maximum absolute atomic E-state index is 11.9. The summed E-state index contributed by atoms with van der Waals surface area (Å²) >= 11 is 3.27. The molecule has 0 atom stereocenters. The Labute approximate surface area is 114 Å². The van der Waals surface area contributed by atoms with Crippen molar-refractivity contribution in [3.63, 3.8) is 0 Å². The molecule has 18 heavy (non-hydrogen) atoms. The third kappa shape index (κ3) is 3.11. The summed E-state index contributed by atoms with van der Waals surface area (Å²) in [6.45, 7) is 0.436. The summed E-state index contributed by atoms with van der Waals surface area (Å²) in [5.41, 5.74) is 1.28. The first-order valence-electron chi connectivity index (χ1n) is 5.47. The van der Waals surface area contributed by atoms with Crippen LogP contribution in [-0.2, 0) is 6.54 Å². The average Bonchev–Trinajstić information content (AvgIpc) is 2.40. The van der Waals surface area contributed by atoms with E-state index in [4.69, 9.17) is 0 Å². The Morgan fingerprint density at radius 3 is 2.61 bits per heavy atom. The number of rotatable bonds is 3. The van der Waals surface area contributed by atoms with Gasteiger partial charge in [-0.2, -0.15) is 0 Å². The van der Waals surface area contributed by atoms with Crippen LogP contribution in [0.5, 0.6) is 5.75 Å². The molecule has 0 bridgehead atoms. The van der Waals surface area contributed by atoms with Crippen molar-refractivity contribution in [1.82, 2.24) is 5.32 Å². The van der Waals surface area contributed by atoms with Gasteiger partial charge in [-0.15, -0.1) is 0 Å². The molecule has 0 heterocycles. The lowest BCUT2D eigenvalue weighted by molar-refractivity contribution is 0.0948. The number of hydrogen-bond donors (Lipinski definition) is 2. The molecule has 4 heteroatoms. The molecular formula is C14H12BrNO2. The second-order valence-corrected chi connectivity index (χ2v) is 4.75. The maximum atomic E-state index is 11.9. The summed E-state index contributed by atoms with van der Waals surface area (Å²) in [5.74, 6) is -0.318. The van der Waals surface area contributed by atoms with E-state index in [1.54, 1.807) is 12.1 Å². The van der Waals surface area contributed by atoms with Crippen molar-refractivity contribution in [2.24, 2.45) is 0 Å². The van der Waals surface area contributed by atoms with Crippen LogP contribution in [0.3, 0.4) is 0 Å². The smallest absolute Gasteiger partial charge is 0.255 e. The van der Waals surface area contributed by atoms with Gasteiger partial charge in [0.1, 0.15) is 5.75 Å².